The molecule has 0 saturated heterocycles. The van der Waals surface area contributed by atoms with E-state index in [0.29, 0.717) is 10.7 Å². The molecule has 4 nitrogen and oxygen atoms in total. The number of esters is 1. The number of nitrogens with zero attached hydrogens (tertiary/aromatic N) is 1. The molecule has 14 heavy (non-hydrogen) atoms. The number of halogens is 1. The van der Waals surface area contributed by atoms with E-state index in [-0.39, 0.29) is 12.4 Å². The second kappa shape index (κ2) is 4.93. The van der Waals surface area contributed by atoms with E-state index in [1.54, 1.807) is 12.1 Å². The van der Waals surface area contributed by atoms with Gasteiger partial charge in [-0.15, -0.1) is 0 Å². The molecular formula is C9H11ClN2O2. The Labute approximate surface area is 87.0 Å². The third-order valence-corrected chi connectivity index (χ3v) is 1.97. The van der Waals surface area contributed by atoms with Crippen LogP contribution in [0.1, 0.15) is 18.2 Å². The van der Waals surface area contributed by atoms with Crippen LogP contribution in [0.3, 0.4) is 0 Å². The van der Waals surface area contributed by atoms with Gasteiger partial charge in [-0.3, -0.25) is 9.78 Å². The van der Waals surface area contributed by atoms with Crippen molar-refractivity contribution in [2.75, 3.05) is 7.11 Å². The Morgan fingerprint density at radius 3 is 2.93 bits per heavy atom. The molecular weight excluding hydrogens is 204 g/mol. The number of nitrogens with two attached hydrogens (primary N) is 1. The SMILES string of the molecule is COC(=O)C[C@@H](N)c1ccc(Cl)cn1. The summed E-state index contributed by atoms with van der Waals surface area (Å²) >= 11 is 5.65. The first-order chi connectivity index (χ1) is 6.63. The zero-order valence-electron chi connectivity index (χ0n) is 7.74. The van der Waals surface area contributed by atoms with Crippen LogP contribution in [-0.2, 0) is 9.53 Å². The Hall–Kier alpha value is -1.13. The summed E-state index contributed by atoms with van der Waals surface area (Å²) in [4.78, 5) is 14.9. The van der Waals surface area contributed by atoms with Crippen molar-refractivity contribution in [2.24, 2.45) is 5.73 Å². The van der Waals surface area contributed by atoms with Gasteiger partial charge in [-0.1, -0.05) is 11.6 Å². The van der Waals surface area contributed by atoms with Crippen LogP contribution >= 0.6 is 11.6 Å². The first kappa shape index (κ1) is 10.9. The lowest BCUT2D eigenvalue weighted by Gasteiger charge is -2.08. The van der Waals surface area contributed by atoms with Gasteiger partial charge < -0.3 is 10.5 Å². The number of carbonyl (C=O) groups excluding carboxylic acids is 1. The first-order valence-electron chi connectivity index (χ1n) is 4.07. The van der Waals surface area contributed by atoms with E-state index in [2.05, 4.69) is 9.72 Å². The molecule has 0 unspecified atom stereocenters. The number of aromatic nitrogens is 1. The van der Waals surface area contributed by atoms with Crippen LogP contribution in [0.15, 0.2) is 18.3 Å². The Morgan fingerprint density at radius 1 is 1.71 bits per heavy atom. The third-order valence-electron chi connectivity index (χ3n) is 1.74. The molecule has 5 heteroatoms. The van der Waals surface area contributed by atoms with Crippen LogP contribution in [0.5, 0.6) is 0 Å². The largest absolute Gasteiger partial charge is 0.469 e. The van der Waals surface area contributed by atoms with Crippen molar-refractivity contribution < 1.29 is 9.53 Å². The van der Waals surface area contributed by atoms with Gasteiger partial charge >= 0.3 is 5.97 Å². The highest BCUT2D eigenvalue weighted by Gasteiger charge is 2.12. The molecule has 76 valence electrons. The maximum Gasteiger partial charge on any atom is 0.307 e. The topological polar surface area (TPSA) is 65.2 Å². The number of hydrogen-bond donors (Lipinski definition) is 1. The second-order valence-electron chi connectivity index (χ2n) is 2.79. The van der Waals surface area contributed by atoms with Crippen molar-refractivity contribution in [3.63, 3.8) is 0 Å². The molecule has 1 rings (SSSR count). The summed E-state index contributed by atoms with van der Waals surface area (Å²) in [7, 11) is 1.32. The van der Waals surface area contributed by atoms with Crippen LogP contribution in [0.4, 0.5) is 0 Å². The van der Waals surface area contributed by atoms with Crippen molar-refractivity contribution in [1.82, 2.24) is 4.98 Å². The highest BCUT2D eigenvalue weighted by atomic mass is 35.5. The Bertz CT molecular complexity index is 313. The quantitative estimate of drug-likeness (QED) is 0.771. The van der Waals surface area contributed by atoms with Gasteiger partial charge in [-0.05, 0) is 12.1 Å². The molecule has 0 amide bonds. The third kappa shape index (κ3) is 2.97. The zero-order chi connectivity index (χ0) is 10.6. The number of ether oxygens (including phenoxy) is 1. The fourth-order valence-electron chi connectivity index (χ4n) is 0.974. The lowest BCUT2D eigenvalue weighted by molar-refractivity contribution is -0.141. The number of hydrogen-bond acceptors (Lipinski definition) is 4. The van der Waals surface area contributed by atoms with E-state index in [1.807, 2.05) is 0 Å². The minimum absolute atomic E-state index is 0.116. The molecule has 1 heterocycles. The van der Waals surface area contributed by atoms with Gasteiger partial charge in [0.1, 0.15) is 0 Å². The van der Waals surface area contributed by atoms with E-state index < -0.39 is 6.04 Å². The molecule has 1 atom stereocenters. The predicted molar refractivity (Wildman–Crippen MR) is 52.8 cm³/mol. The summed E-state index contributed by atoms with van der Waals surface area (Å²) in [6, 6.07) is 2.93. The summed E-state index contributed by atoms with van der Waals surface area (Å²) in [6.45, 7) is 0. The van der Waals surface area contributed by atoms with Crippen molar-refractivity contribution in [1.29, 1.82) is 0 Å². The Balaban J connectivity index is 2.65. The predicted octanol–water partition coefficient (Wildman–Crippen LogP) is 1.30. The molecule has 0 aliphatic rings. The number of carbonyl (C=O) groups is 1. The van der Waals surface area contributed by atoms with E-state index in [1.165, 1.54) is 13.3 Å². The highest BCUT2D eigenvalue weighted by molar-refractivity contribution is 6.30. The highest BCUT2D eigenvalue weighted by Crippen LogP contribution is 2.14. The summed E-state index contributed by atoms with van der Waals surface area (Å²) in [5, 5.41) is 0.541. The minimum Gasteiger partial charge on any atom is -0.469 e. The van der Waals surface area contributed by atoms with E-state index >= 15 is 0 Å². The standard InChI is InChI=1S/C9H11ClN2O2/c1-14-9(13)4-7(11)8-3-2-6(10)5-12-8/h2-3,5,7H,4,11H2,1H3/t7-/m1/s1. The smallest absolute Gasteiger partial charge is 0.307 e. The van der Waals surface area contributed by atoms with Gasteiger partial charge in [0.25, 0.3) is 0 Å². The maximum absolute atomic E-state index is 10.9. The monoisotopic (exact) mass is 214 g/mol. The van der Waals surface area contributed by atoms with Crippen molar-refractivity contribution in [3.8, 4) is 0 Å². The van der Waals surface area contributed by atoms with Crippen molar-refractivity contribution in [2.45, 2.75) is 12.5 Å². The normalized spacial score (nSPS) is 12.2. The Kier molecular flexibility index (Phi) is 3.85. The zero-order valence-corrected chi connectivity index (χ0v) is 8.49. The number of pyridine rings is 1. The lowest BCUT2D eigenvalue weighted by Crippen LogP contribution is -2.17. The average molecular weight is 215 g/mol. The molecule has 2 N–H and O–H groups in total. The molecule has 1 aromatic heterocycles. The summed E-state index contributed by atoms with van der Waals surface area (Å²) in [6.07, 6.45) is 1.61. The molecule has 0 saturated carbocycles. The summed E-state index contributed by atoms with van der Waals surface area (Å²) in [5.74, 6) is -0.353. The molecule has 0 aromatic carbocycles. The average Bonchev–Trinajstić information content (AvgIpc) is 2.18. The van der Waals surface area contributed by atoms with Crippen LogP contribution in [0.25, 0.3) is 0 Å². The van der Waals surface area contributed by atoms with Gasteiger partial charge in [-0.2, -0.15) is 0 Å². The number of rotatable bonds is 3. The fourth-order valence-corrected chi connectivity index (χ4v) is 1.09. The van der Waals surface area contributed by atoms with Crippen LogP contribution in [0.2, 0.25) is 5.02 Å². The van der Waals surface area contributed by atoms with Crippen molar-refractivity contribution >= 4 is 17.6 Å². The second-order valence-corrected chi connectivity index (χ2v) is 3.22. The minimum atomic E-state index is -0.445. The molecule has 1 aromatic rings. The van der Waals surface area contributed by atoms with Gasteiger partial charge in [-0.25, -0.2) is 0 Å². The summed E-state index contributed by atoms with van der Waals surface area (Å²) < 4.78 is 4.49. The van der Waals surface area contributed by atoms with Gasteiger partial charge in [0.15, 0.2) is 0 Å². The maximum atomic E-state index is 10.9. The van der Waals surface area contributed by atoms with E-state index in [9.17, 15) is 4.79 Å². The first-order valence-corrected chi connectivity index (χ1v) is 4.45. The van der Waals surface area contributed by atoms with Crippen LogP contribution < -0.4 is 5.73 Å². The molecule has 0 aliphatic carbocycles. The Morgan fingerprint density at radius 2 is 2.43 bits per heavy atom. The molecule has 0 bridgehead atoms. The molecule has 0 radical (unpaired) electrons. The van der Waals surface area contributed by atoms with Crippen molar-refractivity contribution in [3.05, 3.63) is 29.0 Å². The molecule has 0 spiro atoms. The summed E-state index contributed by atoms with van der Waals surface area (Å²) in [5.41, 5.74) is 6.34. The fraction of sp³-hybridized carbons (Fsp3) is 0.333. The van der Waals surface area contributed by atoms with Crippen LogP contribution in [-0.4, -0.2) is 18.1 Å². The van der Waals surface area contributed by atoms with E-state index in [4.69, 9.17) is 17.3 Å². The van der Waals surface area contributed by atoms with E-state index in [0.717, 1.165) is 0 Å². The van der Waals surface area contributed by atoms with Crippen LogP contribution in [0, 0.1) is 0 Å². The molecule has 0 aliphatic heterocycles. The lowest BCUT2D eigenvalue weighted by atomic mass is 10.1. The molecule has 0 fully saturated rings. The van der Waals surface area contributed by atoms with Gasteiger partial charge in [0.2, 0.25) is 0 Å². The van der Waals surface area contributed by atoms with Gasteiger partial charge in [0.05, 0.1) is 30.3 Å². The number of methoxy groups -OCH3 is 1. The van der Waals surface area contributed by atoms with Gasteiger partial charge in [0, 0.05) is 6.20 Å².